The molecule has 0 bridgehead atoms. The fourth-order valence-electron chi connectivity index (χ4n) is 2.89. The number of ether oxygens (including phenoxy) is 1. The zero-order valence-corrected chi connectivity index (χ0v) is 11.3. The molecule has 0 aromatic heterocycles. The van der Waals surface area contributed by atoms with Crippen LogP contribution in [-0.4, -0.2) is 30.5 Å². The highest BCUT2D eigenvalue weighted by Gasteiger charge is 2.49. The van der Waals surface area contributed by atoms with Gasteiger partial charge in [-0.25, -0.2) is 0 Å². The Balaban J connectivity index is 2.24. The van der Waals surface area contributed by atoms with Gasteiger partial charge in [-0.1, -0.05) is 24.3 Å². The predicted octanol–water partition coefficient (Wildman–Crippen LogP) is 1.52. The van der Waals surface area contributed by atoms with E-state index < -0.39 is 5.60 Å². The van der Waals surface area contributed by atoms with Gasteiger partial charge in [0.1, 0.15) is 0 Å². The van der Waals surface area contributed by atoms with Gasteiger partial charge in [0.25, 0.3) is 0 Å². The Hall–Kier alpha value is -0.900. The van der Waals surface area contributed by atoms with Crippen molar-refractivity contribution in [1.29, 1.82) is 0 Å². The lowest BCUT2D eigenvalue weighted by Crippen LogP contribution is -2.54. The molecule has 0 amide bonds. The Labute approximate surface area is 109 Å². The van der Waals surface area contributed by atoms with Gasteiger partial charge in [0.05, 0.1) is 12.2 Å². The normalized spacial score (nSPS) is 20.4. The van der Waals surface area contributed by atoms with E-state index in [1.807, 2.05) is 26.0 Å². The van der Waals surface area contributed by atoms with E-state index in [0.29, 0.717) is 19.8 Å². The molecule has 1 aliphatic carbocycles. The second-order valence-corrected chi connectivity index (χ2v) is 5.52. The van der Waals surface area contributed by atoms with Crippen LogP contribution < -0.4 is 5.73 Å². The van der Waals surface area contributed by atoms with Gasteiger partial charge in [-0.2, -0.15) is 0 Å². The van der Waals surface area contributed by atoms with E-state index in [0.717, 1.165) is 12.8 Å². The summed E-state index contributed by atoms with van der Waals surface area (Å²) in [6.07, 6.45) is 1.67. The number of aliphatic hydroxyl groups is 1. The highest BCUT2D eigenvalue weighted by Crippen LogP contribution is 2.44. The molecule has 0 aliphatic heterocycles. The summed E-state index contributed by atoms with van der Waals surface area (Å²) in [6.45, 7) is 5.22. The van der Waals surface area contributed by atoms with Gasteiger partial charge in [0, 0.05) is 18.6 Å². The zero-order valence-electron chi connectivity index (χ0n) is 11.3. The molecule has 3 nitrogen and oxygen atoms in total. The first kappa shape index (κ1) is 13.5. The number of hydrogen-bond acceptors (Lipinski definition) is 3. The first-order chi connectivity index (χ1) is 8.54. The second-order valence-electron chi connectivity index (χ2n) is 5.52. The van der Waals surface area contributed by atoms with Crippen LogP contribution in [0.3, 0.4) is 0 Å². The quantitative estimate of drug-likeness (QED) is 0.832. The van der Waals surface area contributed by atoms with Crippen molar-refractivity contribution in [3.63, 3.8) is 0 Å². The SMILES string of the molecule is CCOCC(C)(O)C1(CN)Cc2ccccc2C1. The van der Waals surface area contributed by atoms with Gasteiger partial charge in [-0.05, 0) is 37.8 Å². The number of nitrogens with two attached hydrogens (primary N) is 1. The lowest BCUT2D eigenvalue weighted by molar-refractivity contribution is -0.112. The average Bonchev–Trinajstić information content (AvgIpc) is 2.76. The maximum atomic E-state index is 10.8. The minimum atomic E-state index is -0.892. The number of rotatable bonds is 5. The van der Waals surface area contributed by atoms with E-state index in [1.54, 1.807) is 0 Å². The standard InChI is InChI=1S/C15H23NO2/c1-3-18-11-14(2,17)15(10-16)8-12-6-4-5-7-13(12)9-15/h4-7,17H,3,8-11,16H2,1-2H3. The van der Waals surface area contributed by atoms with Crippen molar-refractivity contribution < 1.29 is 9.84 Å². The van der Waals surface area contributed by atoms with Gasteiger partial charge in [0.15, 0.2) is 0 Å². The highest BCUT2D eigenvalue weighted by molar-refractivity contribution is 5.36. The lowest BCUT2D eigenvalue weighted by atomic mass is 9.70. The molecule has 3 N–H and O–H groups in total. The molecule has 2 rings (SSSR count). The average molecular weight is 249 g/mol. The Morgan fingerprint density at radius 3 is 2.33 bits per heavy atom. The Morgan fingerprint density at radius 2 is 1.89 bits per heavy atom. The Morgan fingerprint density at radius 1 is 1.33 bits per heavy atom. The van der Waals surface area contributed by atoms with Crippen LogP contribution in [0.25, 0.3) is 0 Å². The van der Waals surface area contributed by atoms with Crippen molar-refractivity contribution in [2.24, 2.45) is 11.1 Å². The van der Waals surface area contributed by atoms with Gasteiger partial charge in [-0.15, -0.1) is 0 Å². The van der Waals surface area contributed by atoms with Gasteiger partial charge >= 0.3 is 0 Å². The summed E-state index contributed by atoms with van der Waals surface area (Å²) in [5.41, 5.74) is 7.41. The first-order valence-electron chi connectivity index (χ1n) is 6.61. The first-order valence-corrected chi connectivity index (χ1v) is 6.61. The van der Waals surface area contributed by atoms with Crippen molar-refractivity contribution in [1.82, 2.24) is 0 Å². The fourth-order valence-corrected chi connectivity index (χ4v) is 2.89. The van der Waals surface area contributed by atoms with Crippen LogP contribution in [0, 0.1) is 5.41 Å². The van der Waals surface area contributed by atoms with Crippen LogP contribution in [0.5, 0.6) is 0 Å². The molecular formula is C15H23NO2. The molecule has 3 heteroatoms. The molecule has 1 aliphatic rings. The van der Waals surface area contributed by atoms with Crippen molar-refractivity contribution in [3.8, 4) is 0 Å². The molecule has 0 spiro atoms. The Bertz CT molecular complexity index is 390. The molecule has 0 heterocycles. The van der Waals surface area contributed by atoms with Crippen LogP contribution in [-0.2, 0) is 17.6 Å². The van der Waals surface area contributed by atoms with Gasteiger partial charge in [-0.3, -0.25) is 0 Å². The highest BCUT2D eigenvalue weighted by atomic mass is 16.5. The van der Waals surface area contributed by atoms with E-state index >= 15 is 0 Å². The smallest absolute Gasteiger partial charge is 0.0926 e. The van der Waals surface area contributed by atoms with Crippen LogP contribution in [0.15, 0.2) is 24.3 Å². The predicted molar refractivity (Wildman–Crippen MR) is 72.5 cm³/mol. The molecule has 100 valence electrons. The van der Waals surface area contributed by atoms with Crippen molar-refractivity contribution in [3.05, 3.63) is 35.4 Å². The second kappa shape index (κ2) is 5.00. The van der Waals surface area contributed by atoms with E-state index in [9.17, 15) is 5.11 Å². The van der Waals surface area contributed by atoms with E-state index in [4.69, 9.17) is 10.5 Å². The molecule has 18 heavy (non-hydrogen) atoms. The molecule has 1 unspecified atom stereocenters. The number of fused-ring (bicyclic) bond motifs is 1. The van der Waals surface area contributed by atoms with Crippen LogP contribution in [0.1, 0.15) is 25.0 Å². The molecule has 0 saturated heterocycles. The summed E-state index contributed by atoms with van der Waals surface area (Å²) in [7, 11) is 0. The molecule has 1 atom stereocenters. The summed E-state index contributed by atoms with van der Waals surface area (Å²) in [4.78, 5) is 0. The number of hydrogen-bond donors (Lipinski definition) is 2. The maximum absolute atomic E-state index is 10.8. The summed E-state index contributed by atoms with van der Waals surface area (Å²) >= 11 is 0. The summed E-state index contributed by atoms with van der Waals surface area (Å²) in [5, 5.41) is 10.8. The molecule has 0 saturated carbocycles. The fraction of sp³-hybridized carbons (Fsp3) is 0.600. The topological polar surface area (TPSA) is 55.5 Å². The third-order valence-electron chi connectivity index (χ3n) is 4.30. The minimum Gasteiger partial charge on any atom is -0.387 e. The summed E-state index contributed by atoms with van der Waals surface area (Å²) in [5.74, 6) is 0. The monoisotopic (exact) mass is 249 g/mol. The van der Waals surface area contributed by atoms with E-state index in [1.165, 1.54) is 11.1 Å². The van der Waals surface area contributed by atoms with E-state index in [2.05, 4.69) is 12.1 Å². The minimum absolute atomic E-state index is 0.300. The third kappa shape index (κ3) is 2.18. The van der Waals surface area contributed by atoms with E-state index in [-0.39, 0.29) is 5.41 Å². The lowest BCUT2D eigenvalue weighted by Gasteiger charge is -2.42. The third-order valence-corrected chi connectivity index (χ3v) is 4.30. The molecule has 0 radical (unpaired) electrons. The van der Waals surface area contributed by atoms with Crippen molar-refractivity contribution >= 4 is 0 Å². The van der Waals surface area contributed by atoms with Crippen LogP contribution in [0.2, 0.25) is 0 Å². The van der Waals surface area contributed by atoms with Gasteiger partial charge < -0.3 is 15.6 Å². The van der Waals surface area contributed by atoms with Crippen LogP contribution >= 0.6 is 0 Å². The van der Waals surface area contributed by atoms with Crippen molar-refractivity contribution in [2.75, 3.05) is 19.8 Å². The molecule has 0 fully saturated rings. The zero-order chi connectivity index (χ0) is 13.2. The van der Waals surface area contributed by atoms with Crippen LogP contribution in [0.4, 0.5) is 0 Å². The molecular weight excluding hydrogens is 226 g/mol. The van der Waals surface area contributed by atoms with Gasteiger partial charge in [0.2, 0.25) is 0 Å². The summed E-state index contributed by atoms with van der Waals surface area (Å²) < 4.78 is 5.43. The summed E-state index contributed by atoms with van der Waals surface area (Å²) in [6, 6.07) is 8.35. The van der Waals surface area contributed by atoms with Crippen molar-refractivity contribution in [2.45, 2.75) is 32.3 Å². The molecule has 1 aromatic carbocycles. The Kier molecular flexibility index (Phi) is 3.76. The molecule has 1 aromatic rings. The maximum Gasteiger partial charge on any atom is 0.0926 e. The number of benzene rings is 1. The largest absolute Gasteiger partial charge is 0.387 e.